The highest BCUT2D eigenvalue weighted by atomic mass is 19.1. The van der Waals surface area contributed by atoms with E-state index in [1.165, 1.54) is 6.07 Å². The van der Waals surface area contributed by atoms with E-state index in [1.807, 2.05) is 73.6 Å². The Bertz CT molecular complexity index is 1450. The lowest BCUT2D eigenvalue weighted by atomic mass is 9.69. The average Bonchev–Trinajstić information content (AvgIpc) is 2.90. The number of hydrogen-bond acceptors (Lipinski definition) is 4. The lowest BCUT2D eigenvalue weighted by molar-refractivity contribution is -0.119. The maximum absolute atomic E-state index is 14.4. The summed E-state index contributed by atoms with van der Waals surface area (Å²) in [5, 5.41) is 2.61. The van der Waals surface area contributed by atoms with Crippen LogP contribution in [0, 0.1) is 17.6 Å². The molecule has 5 nitrogen and oxygen atoms in total. The number of carbonyl (C=O) groups excluding carboxylic acids is 2. The number of Topliss-reactive ketones (excluding diaryl/α,β-unsaturated/α-hetero) is 1. The molecule has 1 amide bonds. The van der Waals surface area contributed by atoms with Gasteiger partial charge in [-0.2, -0.15) is 0 Å². The molecule has 0 bridgehead atoms. The highest BCUT2D eigenvalue weighted by molar-refractivity contribution is 6.13. The molecule has 0 fully saturated rings. The molecule has 0 saturated carbocycles. The number of anilines is 2. The molecule has 0 saturated heterocycles. The van der Waals surface area contributed by atoms with Gasteiger partial charge in [-0.15, -0.1) is 0 Å². The van der Waals surface area contributed by atoms with Crippen molar-refractivity contribution in [3.8, 4) is 0 Å². The van der Waals surface area contributed by atoms with Crippen LogP contribution in [0.25, 0.3) is 0 Å². The van der Waals surface area contributed by atoms with Crippen LogP contribution < -0.4 is 10.2 Å². The largest absolute Gasteiger partial charge is 0.378 e. The predicted molar refractivity (Wildman–Crippen MR) is 146 cm³/mol. The highest BCUT2D eigenvalue weighted by Crippen LogP contribution is 2.47. The Labute approximate surface area is 220 Å². The number of aliphatic imine (C=N–C) groups is 1. The minimum Gasteiger partial charge on any atom is -0.378 e. The van der Waals surface area contributed by atoms with Crippen LogP contribution in [0.1, 0.15) is 42.7 Å². The van der Waals surface area contributed by atoms with Crippen LogP contribution in [-0.2, 0) is 9.59 Å². The van der Waals surface area contributed by atoms with Crippen LogP contribution in [0.3, 0.4) is 0 Å². The molecule has 1 N–H and O–H groups in total. The zero-order valence-corrected chi connectivity index (χ0v) is 21.5. The first-order valence-corrected chi connectivity index (χ1v) is 12.6. The first kappa shape index (κ1) is 25.5. The SMILES string of the molecule is CC1=NC2=C(C(=O)C[C@@H](c3ccccc3)C2)[C@H](c2ccc(N(C)C)cc2)C1C(=O)Nc1ccc(F)cc1F. The van der Waals surface area contributed by atoms with Gasteiger partial charge in [-0.05, 0) is 54.7 Å². The molecule has 0 aromatic heterocycles. The summed E-state index contributed by atoms with van der Waals surface area (Å²) >= 11 is 0. The number of carbonyl (C=O) groups is 2. The monoisotopic (exact) mass is 513 g/mol. The van der Waals surface area contributed by atoms with Gasteiger partial charge in [0.25, 0.3) is 0 Å². The standard InChI is InChI=1S/C31H29F2N3O2/c1-18-28(31(38)35-25-14-11-22(32)17-24(25)33)29(20-9-12-23(13-10-20)36(2)3)30-26(34-18)15-21(16-27(30)37)19-7-5-4-6-8-19/h4-14,17,21,28-29H,15-16H2,1-3H3,(H,35,38)/t21-,28?,29+/m0/s1. The van der Waals surface area contributed by atoms with E-state index in [1.54, 1.807) is 6.92 Å². The van der Waals surface area contributed by atoms with Crippen LogP contribution >= 0.6 is 0 Å². The Kier molecular flexibility index (Phi) is 6.93. The van der Waals surface area contributed by atoms with Crippen molar-refractivity contribution in [1.29, 1.82) is 0 Å². The number of rotatable bonds is 5. The van der Waals surface area contributed by atoms with Gasteiger partial charge in [0.1, 0.15) is 11.6 Å². The molecule has 1 aliphatic heterocycles. The minimum absolute atomic E-state index is 0.00875. The van der Waals surface area contributed by atoms with E-state index in [4.69, 9.17) is 4.99 Å². The fraction of sp³-hybridized carbons (Fsp3) is 0.258. The van der Waals surface area contributed by atoms with E-state index in [-0.39, 0.29) is 17.4 Å². The molecule has 3 aromatic rings. The molecule has 0 spiro atoms. The minimum atomic E-state index is -0.866. The van der Waals surface area contributed by atoms with Crippen molar-refractivity contribution in [2.45, 2.75) is 31.6 Å². The topological polar surface area (TPSA) is 61.8 Å². The lowest BCUT2D eigenvalue weighted by Gasteiger charge is -2.37. The maximum Gasteiger partial charge on any atom is 0.234 e. The van der Waals surface area contributed by atoms with Gasteiger partial charge in [-0.25, -0.2) is 8.78 Å². The number of benzene rings is 3. The van der Waals surface area contributed by atoms with E-state index >= 15 is 0 Å². The van der Waals surface area contributed by atoms with E-state index in [2.05, 4.69) is 5.32 Å². The molecule has 2 aliphatic rings. The quantitative estimate of drug-likeness (QED) is 0.439. The molecular formula is C31H29F2N3O2. The number of ketones is 1. The summed E-state index contributed by atoms with van der Waals surface area (Å²) < 4.78 is 27.8. The zero-order valence-electron chi connectivity index (χ0n) is 21.5. The van der Waals surface area contributed by atoms with Gasteiger partial charge in [0.05, 0.1) is 11.6 Å². The smallest absolute Gasteiger partial charge is 0.234 e. The van der Waals surface area contributed by atoms with Crippen molar-refractivity contribution in [2.75, 3.05) is 24.3 Å². The van der Waals surface area contributed by atoms with Crippen LogP contribution in [0.4, 0.5) is 20.2 Å². The molecule has 1 heterocycles. The lowest BCUT2D eigenvalue weighted by Crippen LogP contribution is -2.40. The number of halogens is 2. The Morgan fingerprint density at radius 1 is 0.947 bits per heavy atom. The summed E-state index contributed by atoms with van der Waals surface area (Å²) in [5.41, 5.74) is 4.54. The molecule has 1 aliphatic carbocycles. The third-order valence-electron chi connectivity index (χ3n) is 7.40. The van der Waals surface area contributed by atoms with Gasteiger partial charge >= 0.3 is 0 Å². The van der Waals surface area contributed by atoms with Crippen LogP contribution in [0.15, 0.2) is 89.1 Å². The summed E-state index contributed by atoms with van der Waals surface area (Å²) in [4.78, 5) is 34.1. The zero-order chi connectivity index (χ0) is 27.0. The number of nitrogens with zero attached hydrogens (tertiary/aromatic N) is 2. The average molecular weight is 514 g/mol. The highest BCUT2D eigenvalue weighted by Gasteiger charge is 2.44. The second-order valence-electron chi connectivity index (χ2n) is 10.1. The van der Waals surface area contributed by atoms with Gasteiger partial charge < -0.3 is 10.2 Å². The van der Waals surface area contributed by atoms with Crippen molar-refractivity contribution in [3.05, 3.63) is 107 Å². The second-order valence-corrected chi connectivity index (χ2v) is 10.1. The van der Waals surface area contributed by atoms with Gasteiger partial charge in [0, 0.05) is 55.2 Å². The molecular weight excluding hydrogens is 484 g/mol. The van der Waals surface area contributed by atoms with Crippen molar-refractivity contribution < 1.29 is 18.4 Å². The number of nitrogens with one attached hydrogen (secondary N) is 1. The van der Waals surface area contributed by atoms with Crippen LogP contribution in [0.5, 0.6) is 0 Å². The number of allylic oxidation sites excluding steroid dienone is 2. The van der Waals surface area contributed by atoms with Crippen molar-refractivity contribution >= 4 is 28.8 Å². The summed E-state index contributed by atoms with van der Waals surface area (Å²) in [6, 6.07) is 20.7. The number of amides is 1. The summed E-state index contributed by atoms with van der Waals surface area (Å²) in [7, 11) is 3.88. The van der Waals surface area contributed by atoms with Crippen LogP contribution in [0.2, 0.25) is 0 Å². The van der Waals surface area contributed by atoms with Gasteiger partial charge in [-0.3, -0.25) is 14.6 Å². The molecule has 7 heteroatoms. The summed E-state index contributed by atoms with van der Waals surface area (Å²) in [5.74, 6) is -3.53. The molecule has 5 rings (SSSR count). The fourth-order valence-corrected chi connectivity index (χ4v) is 5.50. The van der Waals surface area contributed by atoms with E-state index in [9.17, 15) is 18.4 Å². The summed E-state index contributed by atoms with van der Waals surface area (Å²) in [6.45, 7) is 1.77. The maximum atomic E-state index is 14.4. The first-order valence-electron chi connectivity index (χ1n) is 12.6. The fourth-order valence-electron chi connectivity index (χ4n) is 5.50. The molecule has 1 unspecified atom stereocenters. The third-order valence-corrected chi connectivity index (χ3v) is 7.40. The third kappa shape index (κ3) is 4.88. The number of hydrogen-bond donors (Lipinski definition) is 1. The Hall–Kier alpha value is -4.13. The Morgan fingerprint density at radius 2 is 1.66 bits per heavy atom. The summed E-state index contributed by atoms with van der Waals surface area (Å²) in [6.07, 6.45) is 0.917. The molecule has 3 atom stereocenters. The predicted octanol–water partition coefficient (Wildman–Crippen LogP) is 6.24. The van der Waals surface area contributed by atoms with Gasteiger partial charge in [-0.1, -0.05) is 42.5 Å². The van der Waals surface area contributed by atoms with Gasteiger partial charge in [0.15, 0.2) is 5.78 Å². The van der Waals surface area contributed by atoms with Gasteiger partial charge in [0.2, 0.25) is 5.91 Å². The molecule has 194 valence electrons. The van der Waals surface area contributed by atoms with Crippen molar-refractivity contribution in [2.24, 2.45) is 10.9 Å². The first-order chi connectivity index (χ1) is 18.2. The van der Waals surface area contributed by atoms with E-state index in [0.717, 1.165) is 28.9 Å². The Balaban J connectivity index is 1.56. The van der Waals surface area contributed by atoms with E-state index < -0.39 is 29.4 Å². The van der Waals surface area contributed by atoms with Crippen molar-refractivity contribution in [1.82, 2.24) is 0 Å². The molecule has 0 radical (unpaired) electrons. The molecule has 38 heavy (non-hydrogen) atoms. The van der Waals surface area contributed by atoms with Crippen LogP contribution in [-0.4, -0.2) is 31.5 Å². The normalized spacial score (nSPS) is 21.0. The Morgan fingerprint density at radius 3 is 2.32 bits per heavy atom. The van der Waals surface area contributed by atoms with E-state index in [0.29, 0.717) is 29.8 Å². The van der Waals surface area contributed by atoms with Crippen molar-refractivity contribution in [3.63, 3.8) is 0 Å². The second kappa shape index (κ2) is 10.3. The molecule has 3 aromatic carbocycles.